The molecule has 3 heteroatoms. The van der Waals surface area contributed by atoms with Gasteiger partial charge in [0.15, 0.2) is 0 Å². The molecule has 2 N–H and O–H groups in total. The molecule has 1 saturated heterocycles. The maximum atomic E-state index is 6.71. The Kier molecular flexibility index (Phi) is 5.67. The number of ether oxygens (including phenoxy) is 1. The van der Waals surface area contributed by atoms with Crippen molar-refractivity contribution in [1.82, 2.24) is 4.90 Å². The van der Waals surface area contributed by atoms with Crippen molar-refractivity contribution < 1.29 is 4.74 Å². The van der Waals surface area contributed by atoms with Gasteiger partial charge in [-0.15, -0.1) is 0 Å². The molecule has 1 atom stereocenters. The molecule has 2 fully saturated rings. The molecule has 3 nitrogen and oxygen atoms in total. The lowest BCUT2D eigenvalue weighted by Crippen LogP contribution is -2.59. The summed E-state index contributed by atoms with van der Waals surface area (Å²) in [6.07, 6.45) is 8.94. The molecule has 0 aromatic heterocycles. The smallest absolute Gasteiger partial charge is 0.0468 e. The Morgan fingerprint density at radius 3 is 2.26 bits per heavy atom. The van der Waals surface area contributed by atoms with Gasteiger partial charge in [0.2, 0.25) is 0 Å². The number of likely N-dealkylation sites (N-methyl/N-ethyl adjacent to an activating group) is 1. The lowest BCUT2D eigenvalue weighted by atomic mass is 9.79. The SMILES string of the molecule is CCN(CC)C1(C(N)CC2CCOCC2)CCCC1. The Bertz CT molecular complexity index is 253. The highest BCUT2D eigenvalue weighted by Gasteiger charge is 2.43. The van der Waals surface area contributed by atoms with Crippen LogP contribution in [0.25, 0.3) is 0 Å². The topological polar surface area (TPSA) is 38.5 Å². The van der Waals surface area contributed by atoms with Crippen molar-refractivity contribution in [2.24, 2.45) is 11.7 Å². The van der Waals surface area contributed by atoms with Crippen LogP contribution in [0.15, 0.2) is 0 Å². The van der Waals surface area contributed by atoms with Crippen molar-refractivity contribution in [2.45, 2.75) is 70.4 Å². The Balaban J connectivity index is 2.00. The zero-order chi connectivity index (χ0) is 13.7. The molecule has 112 valence electrons. The van der Waals surface area contributed by atoms with Crippen LogP contribution in [-0.2, 0) is 4.74 Å². The van der Waals surface area contributed by atoms with Crippen molar-refractivity contribution in [3.63, 3.8) is 0 Å². The summed E-state index contributed by atoms with van der Waals surface area (Å²) in [6, 6.07) is 0.345. The fourth-order valence-corrected chi connectivity index (χ4v) is 4.32. The summed E-state index contributed by atoms with van der Waals surface area (Å²) in [6.45, 7) is 8.72. The zero-order valence-electron chi connectivity index (χ0n) is 12.9. The molecule has 0 spiro atoms. The third kappa shape index (κ3) is 3.32. The van der Waals surface area contributed by atoms with E-state index in [0.717, 1.165) is 32.2 Å². The van der Waals surface area contributed by atoms with Gasteiger partial charge in [0.05, 0.1) is 0 Å². The van der Waals surface area contributed by atoms with E-state index in [1.54, 1.807) is 0 Å². The minimum absolute atomic E-state index is 0.293. The molecule has 1 aliphatic carbocycles. The van der Waals surface area contributed by atoms with Crippen LogP contribution in [-0.4, -0.2) is 42.8 Å². The van der Waals surface area contributed by atoms with Gasteiger partial charge in [-0.3, -0.25) is 4.90 Å². The first-order chi connectivity index (χ1) is 9.23. The van der Waals surface area contributed by atoms with E-state index in [1.807, 2.05) is 0 Å². The third-order valence-electron chi connectivity index (χ3n) is 5.48. The Morgan fingerprint density at radius 2 is 1.74 bits per heavy atom. The maximum Gasteiger partial charge on any atom is 0.0468 e. The molecule has 0 amide bonds. The van der Waals surface area contributed by atoms with Gasteiger partial charge in [0.1, 0.15) is 0 Å². The molecule has 1 unspecified atom stereocenters. The molecule has 0 radical (unpaired) electrons. The van der Waals surface area contributed by atoms with E-state index in [-0.39, 0.29) is 0 Å². The number of hydrogen-bond donors (Lipinski definition) is 1. The third-order valence-corrected chi connectivity index (χ3v) is 5.48. The van der Waals surface area contributed by atoms with Crippen molar-refractivity contribution in [3.8, 4) is 0 Å². The minimum Gasteiger partial charge on any atom is -0.381 e. The van der Waals surface area contributed by atoms with Gasteiger partial charge in [-0.2, -0.15) is 0 Å². The monoisotopic (exact) mass is 268 g/mol. The number of rotatable bonds is 6. The van der Waals surface area contributed by atoms with Gasteiger partial charge in [-0.1, -0.05) is 26.7 Å². The maximum absolute atomic E-state index is 6.71. The van der Waals surface area contributed by atoms with Crippen LogP contribution >= 0.6 is 0 Å². The largest absolute Gasteiger partial charge is 0.381 e. The second-order valence-corrected chi connectivity index (χ2v) is 6.38. The number of nitrogens with zero attached hydrogens (tertiary/aromatic N) is 1. The number of nitrogens with two attached hydrogens (primary N) is 1. The summed E-state index contributed by atoms with van der Waals surface area (Å²) in [5, 5.41) is 0. The fourth-order valence-electron chi connectivity index (χ4n) is 4.32. The van der Waals surface area contributed by atoms with Gasteiger partial charge in [-0.05, 0) is 51.1 Å². The normalized spacial score (nSPS) is 25.9. The second kappa shape index (κ2) is 7.05. The summed E-state index contributed by atoms with van der Waals surface area (Å²) >= 11 is 0. The summed E-state index contributed by atoms with van der Waals surface area (Å²) in [5.74, 6) is 0.789. The van der Waals surface area contributed by atoms with Crippen LogP contribution in [0, 0.1) is 5.92 Å². The molecule has 0 bridgehead atoms. The van der Waals surface area contributed by atoms with Crippen LogP contribution in [0.2, 0.25) is 0 Å². The molecule has 1 aliphatic heterocycles. The van der Waals surface area contributed by atoms with Gasteiger partial charge < -0.3 is 10.5 Å². The average molecular weight is 268 g/mol. The van der Waals surface area contributed by atoms with E-state index < -0.39 is 0 Å². The second-order valence-electron chi connectivity index (χ2n) is 6.38. The Hall–Kier alpha value is -0.120. The fraction of sp³-hybridized carbons (Fsp3) is 1.00. The predicted molar refractivity (Wildman–Crippen MR) is 80.3 cm³/mol. The number of hydrogen-bond acceptors (Lipinski definition) is 3. The summed E-state index contributed by atoms with van der Waals surface area (Å²) in [4.78, 5) is 2.64. The van der Waals surface area contributed by atoms with Gasteiger partial charge in [0.25, 0.3) is 0 Å². The highest BCUT2D eigenvalue weighted by molar-refractivity contribution is 5.02. The predicted octanol–water partition coefficient (Wildman–Crippen LogP) is 2.79. The Morgan fingerprint density at radius 1 is 1.16 bits per heavy atom. The van der Waals surface area contributed by atoms with Gasteiger partial charge in [0, 0.05) is 24.8 Å². The molecule has 19 heavy (non-hydrogen) atoms. The average Bonchev–Trinajstić information content (AvgIpc) is 2.92. The summed E-state index contributed by atoms with van der Waals surface area (Å²) in [7, 11) is 0. The van der Waals surface area contributed by atoms with Crippen LogP contribution in [0.1, 0.15) is 58.8 Å². The molecule has 2 rings (SSSR count). The highest BCUT2D eigenvalue weighted by atomic mass is 16.5. The van der Waals surface area contributed by atoms with Crippen molar-refractivity contribution in [3.05, 3.63) is 0 Å². The van der Waals surface area contributed by atoms with E-state index in [9.17, 15) is 0 Å². The Labute approximate surface area is 118 Å². The summed E-state index contributed by atoms with van der Waals surface area (Å²) < 4.78 is 5.47. The van der Waals surface area contributed by atoms with E-state index in [1.165, 1.54) is 44.9 Å². The molecule has 1 saturated carbocycles. The first-order valence-corrected chi connectivity index (χ1v) is 8.31. The molecule has 0 aromatic carbocycles. The van der Waals surface area contributed by atoms with Gasteiger partial charge in [-0.25, -0.2) is 0 Å². The van der Waals surface area contributed by atoms with Crippen LogP contribution in [0.3, 0.4) is 0 Å². The van der Waals surface area contributed by atoms with Gasteiger partial charge >= 0.3 is 0 Å². The summed E-state index contributed by atoms with van der Waals surface area (Å²) in [5.41, 5.74) is 7.01. The lowest BCUT2D eigenvalue weighted by Gasteiger charge is -2.46. The van der Waals surface area contributed by atoms with Crippen LogP contribution < -0.4 is 5.73 Å². The van der Waals surface area contributed by atoms with Crippen LogP contribution in [0.5, 0.6) is 0 Å². The zero-order valence-corrected chi connectivity index (χ0v) is 12.9. The quantitative estimate of drug-likeness (QED) is 0.805. The first-order valence-electron chi connectivity index (χ1n) is 8.31. The molecular formula is C16H32N2O. The first kappa shape index (κ1) is 15.3. The van der Waals surface area contributed by atoms with Crippen LogP contribution in [0.4, 0.5) is 0 Å². The van der Waals surface area contributed by atoms with E-state index in [0.29, 0.717) is 11.6 Å². The van der Waals surface area contributed by atoms with E-state index in [4.69, 9.17) is 10.5 Å². The molecule has 0 aromatic rings. The van der Waals surface area contributed by atoms with E-state index in [2.05, 4.69) is 18.7 Å². The van der Waals surface area contributed by atoms with Crippen molar-refractivity contribution in [2.75, 3.05) is 26.3 Å². The van der Waals surface area contributed by atoms with E-state index >= 15 is 0 Å². The standard InChI is InChI=1S/C16H32N2O/c1-3-18(4-2)16(9-5-6-10-16)15(17)13-14-7-11-19-12-8-14/h14-15H,3-13,17H2,1-2H3. The molecule has 1 heterocycles. The molecule has 2 aliphatic rings. The van der Waals surface area contributed by atoms with Crippen molar-refractivity contribution in [1.29, 1.82) is 0 Å². The minimum atomic E-state index is 0.293. The lowest BCUT2D eigenvalue weighted by molar-refractivity contribution is 0.0365. The highest BCUT2D eigenvalue weighted by Crippen LogP contribution is 2.40. The van der Waals surface area contributed by atoms with Crippen molar-refractivity contribution >= 4 is 0 Å². The molecular weight excluding hydrogens is 236 g/mol.